The standard InChI is InChI=1S/C16H14O2/c17-16(18)12-15-10-8-14(9-11-15)7-6-13-4-2-1-3-5-13/h1-11H,12H2,(H,17,18). The number of carboxylic acids is 1. The van der Waals surface area contributed by atoms with Gasteiger partial charge in [-0.05, 0) is 16.7 Å². The van der Waals surface area contributed by atoms with Gasteiger partial charge in [0.2, 0.25) is 0 Å². The van der Waals surface area contributed by atoms with Gasteiger partial charge in [0.25, 0.3) is 0 Å². The van der Waals surface area contributed by atoms with E-state index >= 15 is 0 Å². The number of hydrogen-bond donors (Lipinski definition) is 1. The normalized spacial score (nSPS) is 10.7. The Morgan fingerprint density at radius 1 is 0.889 bits per heavy atom. The average Bonchev–Trinajstić information content (AvgIpc) is 2.38. The lowest BCUT2D eigenvalue weighted by Gasteiger charge is -1.98. The molecule has 0 aliphatic heterocycles. The summed E-state index contributed by atoms with van der Waals surface area (Å²) in [5, 5.41) is 8.67. The van der Waals surface area contributed by atoms with Gasteiger partial charge in [0.05, 0.1) is 6.42 Å². The summed E-state index contributed by atoms with van der Waals surface area (Å²) in [7, 11) is 0. The van der Waals surface area contributed by atoms with Gasteiger partial charge in [0.15, 0.2) is 0 Å². The van der Waals surface area contributed by atoms with Gasteiger partial charge in [-0.1, -0.05) is 66.7 Å². The van der Waals surface area contributed by atoms with Crippen molar-refractivity contribution in [3.8, 4) is 0 Å². The van der Waals surface area contributed by atoms with Crippen LogP contribution in [0.4, 0.5) is 0 Å². The summed E-state index contributed by atoms with van der Waals surface area (Å²) in [5.41, 5.74) is 3.03. The molecule has 2 aromatic rings. The maximum absolute atomic E-state index is 10.6. The van der Waals surface area contributed by atoms with Crippen LogP contribution in [-0.2, 0) is 11.2 Å². The second-order valence-electron chi connectivity index (χ2n) is 4.06. The molecule has 0 radical (unpaired) electrons. The Hall–Kier alpha value is -2.35. The van der Waals surface area contributed by atoms with Crippen molar-refractivity contribution in [2.75, 3.05) is 0 Å². The molecular weight excluding hydrogens is 224 g/mol. The lowest BCUT2D eigenvalue weighted by atomic mass is 10.1. The lowest BCUT2D eigenvalue weighted by Crippen LogP contribution is -1.99. The van der Waals surface area contributed by atoms with Crippen LogP contribution >= 0.6 is 0 Å². The van der Waals surface area contributed by atoms with Crippen LogP contribution in [-0.4, -0.2) is 11.1 Å². The first-order valence-electron chi connectivity index (χ1n) is 5.78. The van der Waals surface area contributed by atoms with E-state index in [4.69, 9.17) is 5.11 Å². The summed E-state index contributed by atoms with van der Waals surface area (Å²) < 4.78 is 0. The van der Waals surface area contributed by atoms with Gasteiger partial charge in [-0.3, -0.25) is 4.79 Å². The molecule has 2 heteroatoms. The van der Waals surface area contributed by atoms with Gasteiger partial charge in [0, 0.05) is 0 Å². The van der Waals surface area contributed by atoms with Crippen molar-refractivity contribution in [2.24, 2.45) is 0 Å². The molecule has 0 aromatic heterocycles. The Morgan fingerprint density at radius 3 is 2.00 bits per heavy atom. The Bertz CT molecular complexity index is 539. The fraction of sp³-hybridized carbons (Fsp3) is 0.0625. The van der Waals surface area contributed by atoms with Crippen molar-refractivity contribution in [3.05, 3.63) is 71.3 Å². The SMILES string of the molecule is O=C(O)Cc1ccc(C=Cc2ccccc2)cc1. The maximum atomic E-state index is 10.6. The number of hydrogen-bond acceptors (Lipinski definition) is 1. The molecule has 1 N–H and O–H groups in total. The summed E-state index contributed by atoms with van der Waals surface area (Å²) >= 11 is 0. The van der Waals surface area contributed by atoms with E-state index in [1.165, 1.54) is 0 Å². The first-order valence-corrected chi connectivity index (χ1v) is 5.78. The minimum atomic E-state index is -0.803. The molecule has 2 rings (SSSR count). The molecule has 90 valence electrons. The number of carboxylic acid groups (broad SMARTS) is 1. The Labute approximate surface area is 106 Å². The van der Waals surface area contributed by atoms with Crippen LogP contribution in [0.1, 0.15) is 16.7 Å². The van der Waals surface area contributed by atoms with Gasteiger partial charge in [-0.15, -0.1) is 0 Å². The third kappa shape index (κ3) is 3.59. The van der Waals surface area contributed by atoms with Crippen LogP contribution in [0.25, 0.3) is 12.2 Å². The second-order valence-corrected chi connectivity index (χ2v) is 4.06. The quantitative estimate of drug-likeness (QED) is 0.828. The van der Waals surface area contributed by atoms with Gasteiger partial charge >= 0.3 is 5.97 Å². The molecule has 0 aliphatic rings. The molecule has 0 aliphatic carbocycles. The highest BCUT2D eigenvalue weighted by atomic mass is 16.4. The third-order valence-corrected chi connectivity index (χ3v) is 2.60. The summed E-state index contributed by atoms with van der Waals surface area (Å²) in [5.74, 6) is -0.803. The van der Waals surface area contributed by atoms with Gasteiger partial charge in [-0.2, -0.15) is 0 Å². The van der Waals surface area contributed by atoms with Gasteiger partial charge in [-0.25, -0.2) is 0 Å². The van der Waals surface area contributed by atoms with Crippen molar-refractivity contribution in [3.63, 3.8) is 0 Å². The van der Waals surface area contributed by atoms with Crippen LogP contribution in [0.5, 0.6) is 0 Å². The first kappa shape index (κ1) is 12.1. The molecule has 0 unspecified atom stereocenters. The predicted molar refractivity (Wildman–Crippen MR) is 73.2 cm³/mol. The van der Waals surface area contributed by atoms with Crippen LogP contribution in [0, 0.1) is 0 Å². The summed E-state index contributed by atoms with van der Waals surface area (Å²) in [6.07, 6.45) is 4.12. The molecule has 2 nitrogen and oxygen atoms in total. The largest absolute Gasteiger partial charge is 0.481 e. The molecule has 0 fully saturated rings. The highest BCUT2D eigenvalue weighted by molar-refractivity contribution is 5.72. The number of carbonyl (C=O) groups is 1. The topological polar surface area (TPSA) is 37.3 Å². The number of benzene rings is 2. The van der Waals surface area contributed by atoms with Crippen molar-refractivity contribution in [1.82, 2.24) is 0 Å². The van der Waals surface area contributed by atoms with E-state index in [1.54, 1.807) is 0 Å². The average molecular weight is 238 g/mol. The van der Waals surface area contributed by atoms with Crippen molar-refractivity contribution >= 4 is 18.1 Å². The lowest BCUT2D eigenvalue weighted by molar-refractivity contribution is -0.136. The van der Waals surface area contributed by atoms with Crippen LogP contribution in [0.3, 0.4) is 0 Å². The molecule has 0 amide bonds. The molecule has 0 spiro atoms. The van der Waals surface area contributed by atoms with Crippen molar-refractivity contribution < 1.29 is 9.90 Å². The maximum Gasteiger partial charge on any atom is 0.307 e. The Kier molecular flexibility index (Phi) is 3.92. The van der Waals surface area contributed by atoms with Gasteiger partial charge in [0.1, 0.15) is 0 Å². The van der Waals surface area contributed by atoms with Crippen molar-refractivity contribution in [2.45, 2.75) is 6.42 Å². The fourth-order valence-electron chi connectivity index (χ4n) is 1.68. The Morgan fingerprint density at radius 2 is 1.44 bits per heavy atom. The zero-order chi connectivity index (χ0) is 12.8. The van der Waals surface area contributed by atoms with Crippen molar-refractivity contribution in [1.29, 1.82) is 0 Å². The molecule has 18 heavy (non-hydrogen) atoms. The molecule has 2 aromatic carbocycles. The summed E-state index contributed by atoms with van der Waals surface area (Å²) in [6.45, 7) is 0. The minimum absolute atomic E-state index is 0.0721. The number of aliphatic carboxylic acids is 1. The first-order chi connectivity index (χ1) is 8.74. The molecule has 0 bridgehead atoms. The van der Waals surface area contributed by atoms with E-state index in [-0.39, 0.29) is 6.42 Å². The second kappa shape index (κ2) is 5.82. The third-order valence-electron chi connectivity index (χ3n) is 2.60. The smallest absolute Gasteiger partial charge is 0.307 e. The Balaban J connectivity index is 2.06. The van der Waals surface area contributed by atoms with E-state index in [0.29, 0.717) is 0 Å². The molecule has 0 saturated carbocycles. The fourth-order valence-corrected chi connectivity index (χ4v) is 1.68. The summed E-state index contributed by atoms with van der Waals surface area (Å²) in [6, 6.07) is 17.6. The molecule has 0 atom stereocenters. The van der Waals surface area contributed by atoms with E-state index in [0.717, 1.165) is 16.7 Å². The molecule has 0 saturated heterocycles. The van der Waals surface area contributed by atoms with Gasteiger partial charge < -0.3 is 5.11 Å². The van der Waals surface area contributed by atoms with Crippen LogP contribution < -0.4 is 0 Å². The monoisotopic (exact) mass is 238 g/mol. The summed E-state index contributed by atoms with van der Waals surface area (Å²) in [4.78, 5) is 10.6. The predicted octanol–water partition coefficient (Wildman–Crippen LogP) is 3.48. The highest BCUT2D eigenvalue weighted by Gasteiger charge is 1.98. The minimum Gasteiger partial charge on any atom is -0.481 e. The zero-order valence-corrected chi connectivity index (χ0v) is 9.91. The molecule has 0 heterocycles. The number of rotatable bonds is 4. The van der Waals surface area contributed by atoms with Crippen LogP contribution in [0.2, 0.25) is 0 Å². The van der Waals surface area contributed by atoms with E-state index in [9.17, 15) is 4.79 Å². The highest BCUT2D eigenvalue weighted by Crippen LogP contribution is 2.10. The van der Waals surface area contributed by atoms with E-state index < -0.39 is 5.97 Å². The van der Waals surface area contributed by atoms with E-state index in [2.05, 4.69) is 0 Å². The van der Waals surface area contributed by atoms with Crippen LogP contribution in [0.15, 0.2) is 54.6 Å². The molecular formula is C16H14O2. The zero-order valence-electron chi connectivity index (χ0n) is 9.91. The van der Waals surface area contributed by atoms with E-state index in [1.807, 2.05) is 66.7 Å².